The van der Waals surface area contributed by atoms with Gasteiger partial charge in [-0.15, -0.1) is 12.4 Å². The first kappa shape index (κ1) is 29.8. The molecule has 0 bridgehead atoms. The molecule has 1 aliphatic rings. The van der Waals surface area contributed by atoms with Gasteiger partial charge in [0.05, 0.1) is 16.7 Å². The number of hydrogen-bond acceptors (Lipinski definition) is 6. The van der Waals surface area contributed by atoms with Crippen molar-refractivity contribution in [1.82, 2.24) is 5.32 Å². The quantitative estimate of drug-likeness (QED) is 0.115. The fraction of sp³-hybridized carbons (Fsp3) is 0.708. The zero-order valence-electron chi connectivity index (χ0n) is 20.0. The van der Waals surface area contributed by atoms with Gasteiger partial charge in [-0.1, -0.05) is 44.9 Å². The van der Waals surface area contributed by atoms with E-state index < -0.39 is 10.1 Å². The highest BCUT2D eigenvalue weighted by Crippen LogP contribution is 2.19. The summed E-state index contributed by atoms with van der Waals surface area (Å²) in [7, 11) is -4.16. The van der Waals surface area contributed by atoms with Crippen LogP contribution in [0.5, 0.6) is 0 Å². The number of unbranched alkanes of at least 4 members (excludes halogenated alkanes) is 7. The highest BCUT2D eigenvalue weighted by atomic mass is 35.5. The van der Waals surface area contributed by atoms with Crippen molar-refractivity contribution >= 4 is 33.9 Å². The van der Waals surface area contributed by atoms with E-state index in [1.165, 1.54) is 63.5 Å². The number of benzene rings is 1. The van der Waals surface area contributed by atoms with E-state index in [1.807, 2.05) is 6.92 Å². The number of rotatable bonds is 14. The van der Waals surface area contributed by atoms with Crippen LogP contribution in [0.1, 0.15) is 90.9 Å². The molecule has 7 nitrogen and oxygen atoms in total. The van der Waals surface area contributed by atoms with Gasteiger partial charge in [0.2, 0.25) is 0 Å². The van der Waals surface area contributed by atoms with Crippen molar-refractivity contribution in [2.75, 3.05) is 5.43 Å². The number of hydrogen-bond donors (Lipinski definition) is 4. The van der Waals surface area contributed by atoms with E-state index in [9.17, 15) is 13.5 Å². The van der Waals surface area contributed by atoms with Crippen LogP contribution in [0.4, 0.5) is 5.69 Å². The molecule has 0 radical (unpaired) electrons. The molecule has 0 saturated carbocycles. The van der Waals surface area contributed by atoms with E-state index in [0.717, 1.165) is 31.4 Å². The van der Waals surface area contributed by atoms with Crippen molar-refractivity contribution in [1.29, 1.82) is 0 Å². The van der Waals surface area contributed by atoms with Gasteiger partial charge < -0.3 is 10.4 Å². The Labute approximate surface area is 206 Å². The van der Waals surface area contributed by atoms with Crippen molar-refractivity contribution in [3.63, 3.8) is 0 Å². The van der Waals surface area contributed by atoms with Crippen molar-refractivity contribution in [3.8, 4) is 0 Å². The van der Waals surface area contributed by atoms with Crippen LogP contribution in [0.2, 0.25) is 0 Å². The molecule has 2 rings (SSSR count). The SMILES string of the molecule is C/C(CCCCCCCCCC[C@H]1CC[C@@H](O)[C@@H](C)N1)=N/Nc1ccc(S(=O)(=O)O)cc1.Cl. The second-order valence-electron chi connectivity index (χ2n) is 9.12. The lowest BCUT2D eigenvalue weighted by atomic mass is 9.93. The molecule has 4 N–H and O–H groups in total. The zero-order valence-corrected chi connectivity index (χ0v) is 21.6. The lowest BCUT2D eigenvalue weighted by Gasteiger charge is -2.32. The van der Waals surface area contributed by atoms with Crippen LogP contribution < -0.4 is 10.7 Å². The van der Waals surface area contributed by atoms with E-state index in [4.69, 9.17) is 4.55 Å². The van der Waals surface area contributed by atoms with Gasteiger partial charge in [-0.2, -0.15) is 13.5 Å². The summed E-state index contributed by atoms with van der Waals surface area (Å²) in [4.78, 5) is -0.125. The van der Waals surface area contributed by atoms with Crippen LogP contribution in [0.3, 0.4) is 0 Å². The summed E-state index contributed by atoms with van der Waals surface area (Å²) >= 11 is 0. The minimum absolute atomic E-state index is 0. The molecule has 1 saturated heterocycles. The number of aliphatic hydroxyl groups excluding tert-OH is 1. The Kier molecular flexibility index (Phi) is 14.2. The predicted molar refractivity (Wildman–Crippen MR) is 138 cm³/mol. The maximum atomic E-state index is 11.0. The average Bonchev–Trinajstić information content (AvgIpc) is 2.75. The molecule has 3 atom stereocenters. The van der Waals surface area contributed by atoms with Gasteiger partial charge in [-0.25, -0.2) is 0 Å². The third-order valence-corrected chi connectivity index (χ3v) is 7.12. The Morgan fingerprint density at radius 3 is 2.18 bits per heavy atom. The lowest BCUT2D eigenvalue weighted by Crippen LogP contribution is -2.48. The third-order valence-electron chi connectivity index (χ3n) is 6.26. The molecule has 1 fully saturated rings. The maximum absolute atomic E-state index is 11.0. The van der Waals surface area contributed by atoms with Crippen molar-refractivity contribution < 1.29 is 18.1 Å². The topological polar surface area (TPSA) is 111 Å². The standard InChI is InChI=1S/C24H41N3O4S.ClH/c1-19(26-27-22-13-16-23(17-14-22)32(29,30)31)11-9-7-5-3-4-6-8-10-12-21-15-18-24(28)20(2)25-21;/h13-14,16-17,20-21,24-25,27-28H,3-12,15,18H2,1-2H3,(H,29,30,31);1H/b26-19-;/t20-,21+,24-;/m1./s1. The summed E-state index contributed by atoms with van der Waals surface area (Å²) in [6, 6.07) is 6.68. The normalized spacial score (nSPS) is 21.5. The number of hydrazone groups is 1. The third kappa shape index (κ3) is 12.2. The van der Waals surface area contributed by atoms with Gasteiger partial charge in [-0.3, -0.25) is 9.98 Å². The van der Waals surface area contributed by atoms with Crippen LogP contribution in [-0.4, -0.2) is 42.0 Å². The summed E-state index contributed by atoms with van der Waals surface area (Å²) < 4.78 is 31.1. The molecule has 1 aromatic carbocycles. The van der Waals surface area contributed by atoms with Crippen molar-refractivity contribution in [2.24, 2.45) is 5.10 Å². The molecule has 0 spiro atoms. The van der Waals surface area contributed by atoms with Crippen molar-refractivity contribution in [3.05, 3.63) is 24.3 Å². The molecule has 33 heavy (non-hydrogen) atoms. The minimum atomic E-state index is -4.16. The van der Waals surface area contributed by atoms with Crippen LogP contribution in [-0.2, 0) is 10.1 Å². The monoisotopic (exact) mass is 503 g/mol. The Bertz CT molecular complexity index is 802. The smallest absolute Gasteiger partial charge is 0.294 e. The molecule has 0 aromatic heterocycles. The van der Waals surface area contributed by atoms with Gasteiger partial charge in [0, 0.05) is 17.8 Å². The van der Waals surface area contributed by atoms with E-state index >= 15 is 0 Å². The number of nitrogens with zero attached hydrogens (tertiary/aromatic N) is 1. The summed E-state index contributed by atoms with van der Waals surface area (Å²) in [6.07, 6.45) is 14.1. The Balaban J connectivity index is 0.00000544. The minimum Gasteiger partial charge on any atom is -0.392 e. The van der Waals surface area contributed by atoms with Crippen LogP contribution >= 0.6 is 12.4 Å². The Hall–Kier alpha value is -1.19. The van der Waals surface area contributed by atoms with E-state index in [1.54, 1.807) is 12.1 Å². The lowest BCUT2D eigenvalue weighted by molar-refractivity contribution is 0.0849. The number of aliphatic hydroxyl groups is 1. The first-order valence-electron chi connectivity index (χ1n) is 12.1. The fourth-order valence-electron chi connectivity index (χ4n) is 4.17. The summed E-state index contributed by atoms with van der Waals surface area (Å²) in [5, 5.41) is 17.6. The number of anilines is 1. The predicted octanol–water partition coefficient (Wildman–Crippen LogP) is 5.55. The Morgan fingerprint density at radius 2 is 1.61 bits per heavy atom. The van der Waals surface area contributed by atoms with Crippen LogP contribution in [0.25, 0.3) is 0 Å². The molecule has 0 unspecified atom stereocenters. The number of nitrogens with one attached hydrogen (secondary N) is 2. The molecule has 0 aliphatic carbocycles. The number of piperidine rings is 1. The molecule has 1 heterocycles. The van der Waals surface area contributed by atoms with Crippen molar-refractivity contribution in [2.45, 2.75) is 114 Å². The summed E-state index contributed by atoms with van der Waals surface area (Å²) in [5.74, 6) is 0. The van der Waals surface area contributed by atoms with Gasteiger partial charge >= 0.3 is 0 Å². The number of halogens is 1. The maximum Gasteiger partial charge on any atom is 0.294 e. The van der Waals surface area contributed by atoms with E-state index in [0.29, 0.717) is 11.7 Å². The largest absolute Gasteiger partial charge is 0.392 e. The molecule has 0 amide bonds. The molecule has 190 valence electrons. The van der Waals surface area contributed by atoms with E-state index in [2.05, 4.69) is 22.8 Å². The van der Waals surface area contributed by atoms with Crippen LogP contribution in [0.15, 0.2) is 34.3 Å². The second-order valence-corrected chi connectivity index (χ2v) is 10.5. The molecule has 1 aliphatic heterocycles. The second kappa shape index (κ2) is 15.7. The van der Waals surface area contributed by atoms with Gasteiger partial charge in [0.25, 0.3) is 10.1 Å². The van der Waals surface area contributed by atoms with Crippen LogP contribution in [0, 0.1) is 0 Å². The van der Waals surface area contributed by atoms with Gasteiger partial charge in [-0.05, 0) is 70.2 Å². The zero-order chi connectivity index (χ0) is 23.4. The molecule has 9 heteroatoms. The molecular weight excluding hydrogens is 462 g/mol. The van der Waals surface area contributed by atoms with Gasteiger partial charge in [0.15, 0.2) is 0 Å². The summed E-state index contributed by atoms with van der Waals surface area (Å²) in [5.41, 5.74) is 4.63. The molecule has 1 aromatic rings. The highest BCUT2D eigenvalue weighted by Gasteiger charge is 2.24. The first-order valence-corrected chi connectivity index (χ1v) is 13.5. The van der Waals surface area contributed by atoms with E-state index in [-0.39, 0.29) is 29.4 Å². The Morgan fingerprint density at radius 1 is 1.03 bits per heavy atom. The average molecular weight is 504 g/mol. The highest BCUT2D eigenvalue weighted by molar-refractivity contribution is 7.85. The fourth-order valence-corrected chi connectivity index (χ4v) is 4.65. The summed E-state index contributed by atoms with van der Waals surface area (Å²) in [6.45, 7) is 4.07. The first-order chi connectivity index (χ1) is 15.3. The molecular formula is C24H42ClN3O4S. The van der Waals surface area contributed by atoms with Gasteiger partial charge in [0.1, 0.15) is 0 Å².